The van der Waals surface area contributed by atoms with Gasteiger partial charge in [-0.25, -0.2) is 9.59 Å². The molecule has 3 amide bonds. The summed E-state index contributed by atoms with van der Waals surface area (Å²) in [6.45, 7) is 3.97. The first kappa shape index (κ1) is 29.4. The topological polar surface area (TPSA) is 130 Å². The molecule has 3 unspecified atom stereocenters. The van der Waals surface area contributed by atoms with Crippen LogP contribution >= 0.6 is 0 Å². The Hall–Kier alpha value is -4.11. The van der Waals surface area contributed by atoms with Crippen LogP contribution in [0.2, 0.25) is 0 Å². The first-order valence-corrected chi connectivity index (χ1v) is 13.0. The Bertz CT molecular complexity index is 1140. The summed E-state index contributed by atoms with van der Waals surface area (Å²) in [6, 6.07) is 19.3. The Morgan fingerprint density at radius 1 is 0.897 bits per heavy atom. The summed E-state index contributed by atoms with van der Waals surface area (Å²) in [5.41, 5.74) is 1.74. The average molecular weight is 535 g/mol. The van der Waals surface area contributed by atoms with E-state index >= 15 is 0 Å². The van der Waals surface area contributed by atoms with Crippen molar-refractivity contribution >= 4 is 18.4 Å². The third-order valence-electron chi connectivity index (χ3n) is 6.10. The van der Waals surface area contributed by atoms with Crippen LogP contribution < -0.4 is 16.0 Å². The van der Waals surface area contributed by atoms with Crippen LogP contribution in [-0.2, 0) is 22.6 Å². The Labute approximate surface area is 228 Å². The average Bonchev–Trinajstić information content (AvgIpc) is 3.47. The molecule has 0 aliphatic heterocycles. The lowest BCUT2D eigenvalue weighted by atomic mass is 9.95. The molecule has 0 aliphatic rings. The summed E-state index contributed by atoms with van der Waals surface area (Å²) in [6.07, 6.45) is 2.36. The zero-order valence-corrected chi connectivity index (χ0v) is 22.2. The number of urea groups is 1. The Balaban J connectivity index is 1.70. The number of carbonyl (C=O) groups excluding carboxylic acids is 3. The number of amides is 3. The molecule has 1 aromatic heterocycles. The van der Waals surface area contributed by atoms with E-state index in [4.69, 9.17) is 9.15 Å². The van der Waals surface area contributed by atoms with E-state index in [1.54, 1.807) is 12.1 Å². The second-order valence-corrected chi connectivity index (χ2v) is 9.79. The lowest BCUT2D eigenvalue weighted by molar-refractivity contribution is 0.0880. The van der Waals surface area contributed by atoms with Gasteiger partial charge in [0.05, 0.1) is 30.5 Å². The van der Waals surface area contributed by atoms with Crippen molar-refractivity contribution in [2.45, 2.75) is 63.9 Å². The molecular weight excluding hydrogens is 498 g/mol. The molecule has 4 atom stereocenters. The highest BCUT2D eigenvalue weighted by Gasteiger charge is 2.29. The second kappa shape index (κ2) is 15.3. The Kier molecular flexibility index (Phi) is 11.6. The van der Waals surface area contributed by atoms with Gasteiger partial charge in [0.2, 0.25) is 6.29 Å². The van der Waals surface area contributed by atoms with Gasteiger partial charge in [0, 0.05) is 6.42 Å². The third-order valence-corrected chi connectivity index (χ3v) is 6.10. The minimum absolute atomic E-state index is 0.0249. The van der Waals surface area contributed by atoms with E-state index in [9.17, 15) is 19.5 Å². The molecular formula is C30H36N3O6. The summed E-state index contributed by atoms with van der Waals surface area (Å²) < 4.78 is 10.9. The fraction of sp³-hybridized carbons (Fsp3) is 0.367. The minimum atomic E-state index is -1.09. The number of aliphatic hydroxyl groups is 1. The zero-order chi connectivity index (χ0) is 28.0. The van der Waals surface area contributed by atoms with Crippen molar-refractivity contribution < 1.29 is 28.6 Å². The van der Waals surface area contributed by atoms with Gasteiger partial charge in [-0.1, -0.05) is 74.5 Å². The molecule has 1 radical (unpaired) electrons. The molecule has 3 aromatic rings. The maximum Gasteiger partial charge on any atom is 0.407 e. The smallest absolute Gasteiger partial charge is 0.407 e. The molecule has 0 fully saturated rings. The predicted octanol–water partition coefficient (Wildman–Crippen LogP) is 4.43. The molecule has 1 heterocycles. The van der Waals surface area contributed by atoms with E-state index in [0.717, 1.165) is 11.1 Å². The summed E-state index contributed by atoms with van der Waals surface area (Å²) >= 11 is 0. The number of ether oxygens (including phenoxy) is 1. The first-order chi connectivity index (χ1) is 18.8. The standard InChI is InChI=1S/C30H36N3O6/c1-21(2)16-24(19-34)31-29(36)32-26(28-14-9-15-38-28)18-27(35)25(17-22-10-5-3-6-11-22)33-30(37)39-20-23-12-7-4-8-13-23/h3-15,21,24-27,35H,16-18,20H2,1-2H3,(H,33,37)(H2,31,32,36)/t24-,25?,26?,27?/m0/s1. The number of hydrogen-bond donors (Lipinski definition) is 4. The molecule has 0 saturated carbocycles. The molecule has 0 saturated heterocycles. The zero-order valence-electron chi connectivity index (χ0n) is 22.2. The molecule has 2 aromatic carbocycles. The molecule has 0 aliphatic carbocycles. The number of aliphatic hydroxyl groups excluding tert-OH is 1. The quantitative estimate of drug-likeness (QED) is 0.242. The highest BCUT2D eigenvalue weighted by Crippen LogP contribution is 2.22. The molecule has 0 bridgehead atoms. The summed E-state index contributed by atoms with van der Waals surface area (Å²) in [4.78, 5) is 36.7. The predicted molar refractivity (Wildman–Crippen MR) is 146 cm³/mol. The second-order valence-electron chi connectivity index (χ2n) is 9.79. The van der Waals surface area contributed by atoms with Crippen molar-refractivity contribution in [3.8, 4) is 0 Å². The molecule has 4 N–H and O–H groups in total. The van der Waals surface area contributed by atoms with Crippen molar-refractivity contribution in [2.24, 2.45) is 5.92 Å². The van der Waals surface area contributed by atoms with Gasteiger partial charge >= 0.3 is 12.1 Å². The largest absolute Gasteiger partial charge is 0.467 e. The van der Waals surface area contributed by atoms with E-state index < -0.39 is 36.4 Å². The van der Waals surface area contributed by atoms with Gasteiger partial charge in [-0.15, -0.1) is 0 Å². The Morgan fingerprint density at radius 3 is 2.15 bits per heavy atom. The van der Waals surface area contributed by atoms with Crippen LogP contribution in [0.5, 0.6) is 0 Å². The molecule has 9 nitrogen and oxygen atoms in total. The van der Waals surface area contributed by atoms with Crippen molar-refractivity contribution in [1.82, 2.24) is 16.0 Å². The lowest BCUT2D eigenvalue weighted by Crippen LogP contribution is -2.48. The normalized spacial score (nSPS) is 14.1. The molecule has 9 heteroatoms. The van der Waals surface area contributed by atoms with Gasteiger partial charge in [-0.3, -0.25) is 4.79 Å². The third kappa shape index (κ3) is 10.3. The van der Waals surface area contributed by atoms with Crippen molar-refractivity contribution in [3.05, 3.63) is 95.9 Å². The number of rotatable bonds is 14. The molecule has 3 rings (SSSR count). The number of nitrogens with one attached hydrogen (secondary N) is 3. The SMILES string of the molecule is CC(C)C[C@@H]([C]=O)NC(=O)NC(CC(O)C(Cc1ccccc1)NC(=O)OCc1ccccc1)c1ccco1. The summed E-state index contributed by atoms with van der Waals surface area (Å²) in [5.74, 6) is 0.607. The van der Waals surface area contributed by atoms with Gasteiger partial charge in [0.15, 0.2) is 0 Å². The highest BCUT2D eigenvalue weighted by molar-refractivity contribution is 5.78. The van der Waals surface area contributed by atoms with E-state index in [-0.39, 0.29) is 18.9 Å². The van der Waals surface area contributed by atoms with Crippen LogP contribution in [0.4, 0.5) is 9.59 Å². The number of benzene rings is 2. The van der Waals surface area contributed by atoms with Gasteiger partial charge < -0.3 is 30.2 Å². The van der Waals surface area contributed by atoms with Crippen LogP contribution in [0, 0.1) is 5.92 Å². The summed E-state index contributed by atoms with van der Waals surface area (Å²) in [7, 11) is 0. The van der Waals surface area contributed by atoms with Crippen molar-refractivity contribution in [1.29, 1.82) is 0 Å². The lowest BCUT2D eigenvalue weighted by Gasteiger charge is -2.27. The van der Waals surface area contributed by atoms with Crippen molar-refractivity contribution in [3.63, 3.8) is 0 Å². The van der Waals surface area contributed by atoms with Crippen LogP contribution in [-0.4, -0.2) is 41.7 Å². The highest BCUT2D eigenvalue weighted by atomic mass is 16.5. The van der Waals surface area contributed by atoms with Crippen LogP contribution in [0.1, 0.15) is 49.6 Å². The van der Waals surface area contributed by atoms with Gasteiger partial charge in [0.1, 0.15) is 12.4 Å². The fourth-order valence-corrected chi connectivity index (χ4v) is 4.18. The van der Waals surface area contributed by atoms with Crippen LogP contribution in [0.15, 0.2) is 83.5 Å². The van der Waals surface area contributed by atoms with Crippen LogP contribution in [0.25, 0.3) is 0 Å². The van der Waals surface area contributed by atoms with E-state index in [1.165, 1.54) is 6.26 Å². The molecule has 207 valence electrons. The van der Waals surface area contributed by atoms with Gasteiger partial charge in [0.25, 0.3) is 0 Å². The fourth-order valence-electron chi connectivity index (χ4n) is 4.18. The monoisotopic (exact) mass is 534 g/mol. The summed E-state index contributed by atoms with van der Waals surface area (Å²) in [5, 5.41) is 19.5. The van der Waals surface area contributed by atoms with Gasteiger partial charge in [-0.05, 0) is 42.0 Å². The van der Waals surface area contributed by atoms with E-state index in [0.29, 0.717) is 18.6 Å². The first-order valence-electron chi connectivity index (χ1n) is 13.0. The van der Waals surface area contributed by atoms with E-state index in [2.05, 4.69) is 16.0 Å². The number of hydrogen-bond acceptors (Lipinski definition) is 6. The van der Waals surface area contributed by atoms with E-state index in [1.807, 2.05) is 80.8 Å². The maximum absolute atomic E-state index is 12.7. The van der Waals surface area contributed by atoms with Gasteiger partial charge in [-0.2, -0.15) is 0 Å². The number of alkyl carbamates (subject to hydrolysis) is 1. The maximum atomic E-state index is 12.7. The molecule has 39 heavy (non-hydrogen) atoms. The van der Waals surface area contributed by atoms with Crippen LogP contribution in [0.3, 0.4) is 0 Å². The number of furan rings is 1. The van der Waals surface area contributed by atoms with Crippen molar-refractivity contribution in [2.75, 3.05) is 0 Å². The molecule has 0 spiro atoms. The number of carbonyl (C=O) groups is 2. The Morgan fingerprint density at radius 2 is 1.56 bits per heavy atom. The minimum Gasteiger partial charge on any atom is -0.467 e.